The molecule has 2 rings (SSSR count). The molecule has 1 N–H and O–H groups in total. The van der Waals surface area contributed by atoms with Gasteiger partial charge >= 0.3 is 5.97 Å². The average Bonchev–Trinajstić information content (AvgIpc) is 2.48. The van der Waals surface area contributed by atoms with Crippen LogP contribution in [0, 0.1) is 0 Å². The van der Waals surface area contributed by atoms with Crippen molar-refractivity contribution in [1.82, 2.24) is 4.90 Å². The van der Waals surface area contributed by atoms with Gasteiger partial charge in [-0.25, -0.2) is 4.79 Å². The van der Waals surface area contributed by atoms with E-state index in [1.54, 1.807) is 0 Å². The Morgan fingerprint density at radius 1 is 1.20 bits per heavy atom. The first kappa shape index (κ1) is 15.2. The van der Waals surface area contributed by atoms with Gasteiger partial charge in [0.25, 0.3) is 0 Å². The van der Waals surface area contributed by atoms with Gasteiger partial charge < -0.3 is 24.2 Å². The van der Waals surface area contributed by atoms with Gasteiger partial charge in [0.15, 0.2) is 6.04 Å². The van der Waals surface area contributed by atoms with E-state index >= 15 is 0 Å². The van der Waals surface area contributed by atoms with Crippen LogP contribution in [0.1, 0.15) is 19.3 Å². The van der Waals surface area contributed by atoms with E-state index in [-0.39, 0.29) is 25.0 Å². The molecule has 1 atom stereocenters. The van der Waals surface area contributed by atoms with E-state index in [1.165, 1.54) is 4.90 Å². The quantitative estimate of drug-likeness (QED) is 0.759. The molecule has 20 heavy (non-hydrogen) atoms. The monoisotopic (exact) mass is 287 g/mol. The second-order valence-electron chi connectivity index (χ2n) is 4.95. The van der Waals surface area contributed by atoms with Crippen molar-refractivity contribution in [3.8, 4) is 0 Å². The van der Waals surface area contributed by atoms with Crippen LogP contribution in [-0.4, -0.2) is 73.6 Å². The zero-order valence-electron chi connectivity index (χ0n) is 11.5. The molecule has 0 aromatic heterocycles. The number of rotatable bonds is 5. The maximum atomic E-state index is 12.1. The van der Waals surface area contributed by atoms with E-state index in [0.717, 1.165) is 12.8 Å². The summed E-state index contributed by atoms with van der Waals surface area (Å²) in [5, 5.41) is 9.07. The number of carboxylic acid groups (broad SMARTS) is 1. The minimum atomic E-state index is -1.02. The van der Waals surface area contributed by atoms with Gasteiger partial charge in [-0.05, 0) is 12.8 Å². The van der Waals surface area contributed by atoms with Gasteiger partial charge in [0.1, 0.15) is 0 Å². The Labute approximate surface area is 117 Å². The molecule has 0 aliphatic carbocycles. The molecule has 0 aromatic carbocycles. The fourth-order valence-corrected chi connectivity index (χ4v) is 2.41. The molecule has 0 bridgehead atoms. The molecule has 2 fully saturated rings. The van der Waals surface area contributed by atoms with Crippen LogP contribution in [0.2, 0.25) is 0 Å². The molecule has 2 aliphatic heterocycles. The van der Waals surface area contributed by atoms with Crippen LogP contribution in [0.5, 0.6) is 0 Å². The van der Waals surface area contributed by atoms with E-state index in [9.17, 15) is 9.59 Å². The Hall–Kier alpha value is -1.18. The van der Waals surface area contributed by atoms with Crippen molar-refractivity contribution < 1.29 is 28.9 Å². The van der Waals surface area contributed by atoms with E-state index < -0.39 is 12.0 Å². The van der Waals surface area contributed by atoms with Crippen LogP contribution in [0.4, 0.5) is 0 Å². The third-order valence-electron chi connectivity index (χ3n) is 3.57. The number of amides is 1. The van der Waals surface area contributed by atoms with Gasteiger partial charge in [-0.1, -0.05) is 0 Å². The number of morpholine rings is 1. The molecular formula is C13H21NO6. The highest BCUT2D eigenvalue weighted by atomic mass is 16.5. The lowest BCUT2D eigenvalue weighted by atomic mass is 10.1. The zero-order valence-corrected chi connectivity index (χ0v) is 11.5. The topological polar surface area (TPSA) is 85.3 Å². The highest BCUT2D eigenvalue weighted by Crippen LogP contribution is 2.13. The third-order valence-corrected chi connectivity index (χ3v) is 3.57. The fourth-order valence-electron chi connectivity index (χ4n) is 2.41. The molecule has 7 heteroatoms. The molecule has 0 radical (unpaired) electrons. The first-order valence-electron chi connectivity index (χ1n) is 6.98. The molecule has 1 unspecified atom stereocenters. The van der Waals surface area contributed by atoms with Crippen LogP contribution in [0.3, 0.4) is 0 Å². The molecule has 0 aromatic rings. The second-order valence-corrected chi connectivity index (χ2v) is 4.95. The average molecular weight is 287 g/mol. The number of hydrogen-bond acceptors (Lipinski definition) is 5. The zero-order chi connectivity index (χ0) is 14.4. The maximum absolute atomic E-state index is 12.1. The lowest BCUT2D eigenvalue weighted by molar-refractivity contribution is -0.159. The van der Waals surface area contributed by atoms with Crippen LogP contribution in [0.15, 0.2) is 0 Å². The molecular weight excluding hydrogens is 266 g/mol. The van der Waals surface area contributed by atoms with Crippen molar-refractivity contribution in [2.75, 3.05) is 39.6 Å². The van der Waals surface area contributed by atoms with Crippen molar-refractivity contribution in [3.63, 3.8) is 0 Å². The van der Waals surface area contributed by atoms with Crippen LogP contribution in [-0.2, 0) is 23.8 Å². The summed E-state index contributed by atoms with van der Waals surface area (Å²) in [6.45, 7) is 2.49. The normalized spacial score (nSPS) is 24.6. The Morgan fingerprint density at radius 3 is 2.65 bits per heavy atom. The van der Waals surface area contributed by atoms with Crippen LogP contribution in [0.25, 0.3) is 0 Å². The molecule has 2 aliphatic rings. The summed E-state index contributed by atoms with van der Waals surface area (Å²) >= 11 is 0. The number of nitrogens with zero attached hydrogens (tertiary/aromatic N) is 1. The minimum Gasteiger partial charge on any atom is -0.480 e. The first-order valence-corrected chi connectivity index (χ1v) is 6.98. The molecule has 114 valence electrons. The molecule has 1 amide bonds. The molecule has 2 saturated heterocycles. The van der Waals surface area contributed by atoms with Crippen LogP contribution >= 0.6 is 0 Å². The maximum Gasteiger partial charge on any atom is 0.328 e. The lowest BCUT2D eigenvalue weighted by Gasteiger charge is -2.33. The molecule has 0 spiro atoms. The van der Waals surface area contributed by atoms with Gasteiger partial charge in [0.05, 0.1) is 32.3 Å². The van der Waals surface area contributed by atoms with Gasteiger partial charge in [-0.15, -0.1) is 0 Å². The summed E-state index contributed by atoms with van der Waals surface area (Å²) in [5.74, 6) is -1.21. The van der Waals surface area contributed by atoms with Crippen molar-refractivity contribution in [1.29, 1.82) is 0 Å². The summed E-state index contributed by atoms with van der Waals surface area (Å²) in [4.78, 5) is 24.5. The van der Waals surface area contributed by atoms with Gasteiger partial charge in [-0.2, -0.15) is 0 Å². The predicted molar refractivity (Wildman–Crippen MR) is 68.4 cm³/mol. The van der Waals surface area contributed by atoms with Crippen molar-refractivity contribution in [3.05, 3.63) is 0 Å². The Morgan fingerprint density at radius 2 is 1.95 bits per heavy atom. The number of aliphatic carboxylic acids is 1. The number of hydrogen-bond donors (Lipinski definition) is 1. The van der Waals surface area contributed by atoms with E-state index in [1.807, 2.05) is 0 Å². The largest absolute Gasteiger partial charge is 0.480 e. The van der Waals surface area contributed by atoms with E-state index in [0.29, 0.717) is 33.0 Å². The molecule has 2 heterocycles. The Balaban J connectivity index is 1.73. The van der Waals surface area contributed by atoms with E-state index in [4.69, 9.17) is 19.3 Å². The fraction of sp³-hybridized carbons (Fsp3) is 0.846. The first-order chi connectivity index (χ1) is 9.68. The van der Waals surface area contributed by atoms with Crippen molar-refractivity contribution in [2.24, 2.45) is 0 Å². The second kappa shape index (κ2) is 7.56. The summed E-state index contributed by atoms with van der Waals surface area (Å²) in [5.41, 5.74) is 0. The lowest BCUT2D eigenvalue weighted by Crippen LogP contribution is -2.52. The number of carboxylic acids is 1. The highest BCUT2D eigenvalue weighted by molar-refractivity contribution is 5.84. The smallest absolute Gasteiger partial charge is 0.328 e. The van der Waals surface area contributed by atoms with Gasteiger partial charge in [0, 0.05) is 19.8 Å². The summed E-state index contributed by atoms with van der Waals surface area (Å²) in [6.07, 6.45) is 2.06. The number of carbonyl (C=O) groups is 2. The molecule has 0 saturated carbocycles. The standard InChI is InChI=1S/C13H21NO6/c15-12(3-7-20-10-1-5-18-6-2-10)14-4-8-19-9-11(14)13(16)17/h10-11H,1-9H2,(H,16,17). The van der Waals surface area contributed by atoms with Crippen molar-refractivity contribution in [2.45, 2.75) is 31.4 Å². The Kier molecular flexibility index (Phi) is 5.75. The molecule has 7 nitrogen and oxygen atoms in total. The predicted octanol–water partition coefficient (Wildman–Crippen LogP) is -0.116. The summed E-state index contributed by atoms with van der Waals surface area (Å²) in [7, 11) is 0. The van der Waals surface area contributed by atoms with Gasteiger partial charge in [0.2, 0.25) is 5.91 Å². The van der Waals surface area contributed by atoms with Gasteiger partial charge in [-0.3, -0.25) is 4.79 Å². The highest BCUT2D eigenvalue weighted by Gasteiger charge is 2.32. The number of carbonyl (C=O) groups excluding carboxylic acids is 1. The van der Waals surface area contributed by atoms with Crippen LogP contribution < -0.4 is 0 Å². The SMILES string of the molecule is O=C(O)C1COCCN1C(=O)CCOC1CCOCC1. The van der Waals surface area contributed by atoms with Crippen molar-refractivity contribution >= 4 is 11.9 Å². The third kappa shape index (κ3) is 4.16. The number of ether oxygens (including phenoxy) is 3. The summed E-state index contributed by atoms with van der Waals surface area (Å²) in [6, 6.07) is -0.876. The summed E-state index contributed by atoms with van der Waals surface area (Å²) < 4.78 is 16.0. The minimum absolute atomic E-state index is 0.0574. The van der Waals surface area contributed by atoms with E-state index in [2.05, 4.69) is 0 Å². The Bertz CT molecular complexity index is 342.